The molecule has 0 saturated carbocycles. The molecule has 49 heavy (non-hydrogen) atoms. The molecule has 0 spiro atoms. The van der Waals surface area contributed by atoms with Crippen LogP contribution in [0.15, 0.2) is 78.8 Å². The molecule has 12 heteroatoms. The van der Waals surface area contributed by atoms with E-state index in [9.17, 15) is 22.8 Å². The number of nitrogens with two attached hydrogens (primary N) is 1. The number of nitrogens with one attached hydrogen (secondary N) is 4. The Kier molecular flexibility index (Phi) is 21.4. The van der Waals surface area contributed by atoms with Crippen LogP contribution >= 0.6 is 0 Å². The minimum Gasteiger partial charge on any atom is -0.387 e. The number of nitrogens with zero attached hydrogens (tertiary/aromatic N) is 2. The predicted octanol–water partition coefficient (Wildman–Crippen LogP) is 6.20. The van der Waals surface area contributed by atoms with Crippen LogP contribution in [0.3, 0.4) is 0 Å². The van der Waals surface area contributed by atoms with Crippen molar-refractivity contribution in [3.63, 3.8) is 0 Å². The third-order valence-corrected chi connectivity index (χ3v) is 6.87. The van der Waals surface area contributed by atoms with Crippen molar-refractivity contribution in [3.05, 3.63) is 101 Å². The van der Waals surface area contributed by atoms with Crippen LogP contribution in [0.2, 0.25) is 0 Å². The van der Waals surface area contributed by atoms with Crippen LogP contribution in [0.4, 0.5) is 19.1 Å². The molecule has 6 N–H and O–H groups in total. The summed E-state index contributed by atoms with van der Waals surface area (Å²) >= 11 is 0. The summed E-state index contributed by atoms with van der Waals surface area (Å²) in [4.78, 5) is 30.5. The van der Waals surface area contributed by atoms with Crippen LogP contribution in [-0.2, 0) is 28.6 Å². The van der Waals surface area contributed by atoms with Gasteiger partial charge in [0, 0.05) is 51.2 Å². The highest BCUT2D eigenvalue weighted by Crippen LogP contribution is 2.29. The Hall–Kier alpha value is -4.45. The van der Waals surface area contributed by atoms with Crippen molar-refractivity contribution in [3.8, 4) is 0 Å². The maximum atomic E-state index is 12.9. The molecule has 2 heterocycles. The lowest BCUT2D eigenvalue weighted by atomic mass is 9.99. The fraction of sp³-hybridized carbons (Fsp3) is 0.459. The quantitative estimate of drug-likeness (QED) is 0.222. The van der Waals surface area contributed by atoms with Crippen molar-refractivity contribution in [2.24, 2.45) is 11.7 Å². The first kappa shape index (κ1) is 42.6. The zero-order valence-electron chi connectivity index (χ0n) is 29.5. The monoisotopic (exact) mass is 685 g/mol. The first-order chi connectivity index (χ1) is 23.4. The predicted molar refractivity (Wildman–Crippen MR) is 192 cm³/mol. The van der Waals surface area contributed by atoms with Gasteiger partial charge in [0.2, 0.25) is 17.8 Å². The van der Waals surface area contributed by atoms with Crippen LogP contribution in [0, 0.1) is 12.8 Å². The lowest BCUT2D eigenvalue weighted by Gasteiger charge is -2.21. The molecule has 0 radical (unpaired) electrons. The summed E-state index contributed by atoms with van der Waals surface area (Å²) in [5, 5.41) is 13.3. The summed E-state index contributed by atoms with van der Waals surface area (Å²) in [6, 6.07) is 15.6. The van der Waals surface area contributed by atoms with Crippen LogP contribution < -0.4 is 27.0 Å². The molecule has 270 valence electrons. The SMILES string of the molecule is CC(N)=O.CC=C1CNCCCc2ccccc2CCCNC(=O)C(CNc2ncccn2)CN1.CCC.Cc1cccc(C(F)(F)F)c1. The van der Waals surface area contributed by atoms with E-state index in [1.54, 1.807) is 31.5 Å². The molecule has 2 amide bonds. The number of carbonyl (C=O) groups is 2. The summed E-state index contributed by atoms with van der Waals surface area (Å²) in [5.41, 5.74) is 8.41. The van der Waals surface area contributed by atoms with E-state index in [-0.39, 0.29) is 17.7 Å². The Morgan fingerprint density at radius 2 is 1.57 bits per heavy atom. The molecule has 0 fully saturated rings. The minimum absolute atomic E-state index is 0.0414. The topological polar surface area (TPSA) is 134 Å². The van der Waals surface area contributed by atoms with Crippen molar-refractivity contribution in [2.75, 3.05) is 38.0 Å². The van der Waals surface area contributed by atoms with Crippen LogP contribution in [0.25, 0.3) is 0 Å². The van der Waals surface area contributed by atoms with E-state index in [4.69, 9.17) is 0 Å². The third kappa shape index (κ3) is 19.8. The molecular formula is C37H54F3N7O2. The van der Waals surface area contributed by atoms with Gasteiger partial charge in [-0.1, -0.05) is 74.4 Å². The summed E-state index contributed by atoms with van der Waals surface area (Å²) in [6.45, 7) is 12.6. The number of carbonyl (C=O) groups excluding carboxylic acids is 2. The van der Waals surface area contributed by atoms with Crippen LogP contribution in [0.1, 0.15) is 69.2 Å². The van der Waals surface area contributed by atoms with Crippen molar-refractivity contribution < 1.29 is 22.8 Å². The molecular weight excluding hydrogens is 631 g/mol. The summed E-state index contributed by atoms with van der Waals surface area (Å²) < 4.78 is 35.9. The number of amides is 2. The number of fused-ring (bicyclic) bond motifs is 1. The highest BCUT2D eigenvalue weighted by Gasteiger charge is 2.29. The number of anilines is 1. The molecule has 1 aliphatic heterocycles. The maximum Gasteiger partial charge on any atom is 0.416 e. The van der Waals surface area contributed by atoms with Crippen molar-refractivity contribution >= 4 is 17.8 Å². The van der Waals surface area contributed by atoms with Crippen molar-refractivity contribution in [1.82, 2.24) is 25.9 Å². The number of hydrogen-bond donors (Lipinski definition) is 5. The summed E-state index contributed by atoms with van der Waals surface area (Å²) in [5.74, 6) is 0.00523. The van der Waals surface area contributed by atoms with Gasteiger partial charge in [-0.05, 0) is 69.3 Å². The fourth-order valence-corrected chi connectivity index (χ4v) is 4.51. The van der Waals surface area contributed by atoms with Gasteiger partial charge in [-0.15, -0.1) is 0 Å². The van der Waals surface area contributed by atoms with E-state index >= 15 is 0 Å². The largest absolute Gasteiger partial charge is 0.416 e. The second kappa shape index (κ2) is 24.7. The molecule has 1 aliphatic rings. The molecule has 9 nitrogen and oxygen atoms in total. The molecule has 1 unspecified atom stereocenters. The molecule has 1 atom stereocenters. The van der Waals surface area contributed by atoms with Gasteiger partial charge in [0.25, 0.3) is 0 Å². The lowest BCUT2D eigenvalue weighted by molar-refractivity contribution is -0.137. The van der Waals surface area contributed by atoms with E-state index in [2.05, 4.69) is 81.2 Å². The fourth-order valence-electron chi connectivity index (χ4n) is 4.51. The molecule has 1 aromatic heterocycles. The van der Waals surface area contributed by atoms with Crippen LogP contribution in [-0.4, -0.2) is 54.5 Å². The highest BCUT2D eigenvalue weighted by molar-refractivity contribution is 5.79. The Labute approximate surface area is 289 Å². The number of aromatic nitrogens is 2. The number of benzene rings is 2. The van der Waals surface area contributed by atoms with Gasteiger partial charge in [-0.2, -0.15) is 13.2 Å². The molecule has 0 aliphatic carbocycles. The number of aryl methyl sites for hydroxylation is 3. The first-order valence-electron chi connectivity index (χ1n) is 16.8. The van der Waals surface area contributed by atoms with Gasteiger partial charge in [0.15, 0.2) is 0 Å². The second-order valence-electron chi connectivity index (χ2n) is 11.5. The average molecular weight is 686 g/mol. The molecule has 4 rings (SSSR count). The minimum atomic E-state index is -4.22. The number of allylic oxidation sites excluding steroid dienone is 1. The first-order valence-corrected chi connectivity index (χ1v) is 16.8. The number of alkyl halides is 3. The van der Waals surface area contributed by atoms with Crippen LogP contribution in [0.5, 0.6) is 0 Å². The number of primary amides is 1. The molecule has 0 bridgehead atoms. The summed E-state index contributed by atoms with van der Waals surface area (Å²) in [6.07, 6.45) is 6.56. The molecule has 0 saturated heterocycles. The van der Waals surface area contributed by atoms with E-state index in [1.807, 2.05) is 6.92 Å². The van der Waals surface area contributed by atoms with E-state index < -0.39 is 11.7 Å². The number of hydrogen-bond acceptors (Lipinski definition) is 7. The average Bonchev–Trinajstić information content (AvgIpc) is 3.06. The Balaban J connectivity index is 0.000000547. The lowest BCUT2D eigenvalue weighted by Crippen LogP contribution is -2.42. The third-order valence-electron chi connectivity index (χ3n) is 6.87. The standard InChI is InChI=1S/C24H34N6O.C8H7F3.C3H8.C2H5NO/c1-2-22-18-25-12-5-10-19-8-3-4-9-20(19)11-6-13-26-23(31)21(16-29-22)17-30-24-27-14-7-15-28-24;1-6-3-2-4-7(5-6)8(9,10)11;1-3-2;1-2(3)4/h2-4,7-9,14-15,21,25,29H,5-6,10-13,16-18H2,1H3,(H,26,31)(H,27,28,30);2-5H,1H3;3H2,1-2H3;1H3,(H2,3,4). The van der Waals surface area contributed by atoms with E-state index in [0.717, 1.165) is 56.6 Å². The van der Waals surface area contributed by atoms with Gasteiger partial charge in [0.05, 0.1) is 11.5 Å². The number of halogens is 3. The molecule has 3 aromatic rings. The smallest absolute Gasteiger partial charge is 0.387 e. The van der Waals surface area contributed by atoms with E-state index in [1.165, 1.54) is 30.5 Å². The summed E-state index contributed by atoms with van der Waals surface area (Å²) in [7, 11) is 0. The zero-order valence-corrected chi connectivity index (χ0v) is 29.5. The Morgan fingerprint density at radius 1 is 0.980 bits per heavy atom. The van der Waals surface area contributed by atoms with Gasteiger partial charge in [-0.3, -0.25) is 9.59 Å². The highest BCUT2D eigenvalue weighted by atomic mass is 19.4. The molecule has 2 aromatic carbocycles. The Bertz CT molecular complexity index is 1380. The normalized spacial score (nSPS) is 16.4. The van der Waals surface area contributed by atoms with Gasteiger partial charge in [0.1, 0.15) is 0 Å². The van der Waals surface area contributed by atoms with E-state index in [0.29, 0.717) is 31.1 Å². The maximum absolute atomic E-state index is 12.9. The van der Waals surface area contributed by atoms with Gasteiger partial charge < -0.3 is 27.0 Å². The Morgan fingerprint density at radius 3 is 2.10 bits per heavy atom. The zero-order chi connectivity index (χ0) is 36.5. The van der Waals surface area contributed by atoms with Gasteiger partial charge in [-0.25, -0.2) is 9.97 Å². The number of rotatable bonds is 3. The van der Waals surface area contributed by atoms with Crippen molar-refractivity contribution in [2.45, 2.75) is 72.9 Å². The second-order valence-corrected chi connectivity index (χ2v) is 11.5. The van der Waals surface area contributed by atoms with Gasteiger partial charge >= 0.3 is 6.18 Å². The van der Waals surface area contributed by atoms with Crippen molar-refractivity contribution in [1.29, 1.82) is 0 Å².